The lowest BCUT2D eigenvalue weighted by Crippen LogP contribution is -2.47. The van der Waals surface area contributed by atoms with Crippen molar-refractivity contribution >= 4 is 16.5 Å². The van der Waals surface area contributed by atoms with Crippen molar-refractivity contribution in [1.82, 2.24) is 5.32 Å². The smallest absolute Gasteiger partial charge is 0.0375 e. The molecular formula is C19H26N2. The van der Waals surface area contributed by atoms with Crippen LogP contribution < -0.4 is 10.2 Å². The first kappa shape index (κ1) is 14.4. The molecule has 0 bridgehead atoms. The normalized spacial score (nSPS) is 22.7. The molecule has 3 rings (SSSR count). The lowest BCUT2D eigenvalue weighted by Gasteiger charge is -2.39. The van der Waals surface area contributed by atoms with Gasteiger partial charge in [-0.05, 0) is 55.6 Å². The summed E-state index contributed by atoms with van der Waals surface area (Å²) in [7, 11) is 0. The van der Waals surface area contributed by atoms with Crippen molar-refractivity contribution < 1.29 is 0 Å². The highest BCUT2D eigenvalue weighted by Gasteiger charge is 2.25. The zero-order chi connectivity index (χ0) is 14.7. The molecule has 0 saturated carbocycles. The molecule has 2 unspecified atom stereocenters. The van der Waals surface area contributed by atoms with Gasteiger partial charge in [-0.15, -0.1) is 0 Å². The molecular weight excluding hydrogens is 256 g/mol. The molecule has 2 aromatic carbocycles. The number of hydrogen-bond acceptors (Lipinski definition) is 2. The highest BCUT2D eigenvalue weighted by atomic mass is 15.2. The van der Waals surface area contributed by atoms with Gasteiger partial charge in [0.05, 0.1) is 0 Å². The summed E-state index contributed by atoms with van der Waals surface area (Å²) in [5, 5.41) is 6.35. The topological polar surface area (TPSA) is 15.3 Å². The van der Waals surface area contributed by atoms with E-state index in [1.165, 1.54) is 35.7 Å². The average molecular weight is 282 g/mol. The fraction of sp³-hybridized carbons (Fsp3) is 0.474. The summed E-state index contributed by atoms with van der Waals surface area (Å²) in [4.78, 5) is 2.57. The maximum atomic E-state index is 3.68. The Balaban J connectivity index is 1.74. The van der Waals surface area contributed by atoms with Crippen molar-refractivity contribution in [2.75, 3.05) is 18.0 Å². The second-order valence-electron chi connectivity index (χ2n) is 6.25. The summed E-state index contributed by atoms with van der Waals surface area (Å²) in [5.74, 6) is 0. The minimum absolute atomic E-state index is 0.606. The fourth-order valence-corrected chi connectivity index (χ4v) is 3.44. The van der Waals surface area contributed by atoms with E-state index in [1.807, 2.05) is 0 Å². The van der Waals surface area contributed by atoms with Gasteiger partial charge in [0.1, 0.15) is 0 Å². The van der Waals surface area contributed by atoms with Crippen molar-refractivity contribution in [2.24, 2.45) is 0 Å². The number of nitrogens with zero attached hydrogens (tertiary/aromatic N) is 1. The van der Waals surface area contributed by atoms with Crippen LogP contribution in [0.2, 0.25) is 0 Å². The van der Waals surface area contributed by atoms with Gasteiger partial charge in [-0.3, -0.25) is 0 Å². The third-order valence-electron chi connectivity index (χ3n) is 4.62. The van der Waals surface area contributed by atoms with Crippen LogP contribution in [0.1, 0.15) is 33.1 Å². The molecule has 2 nitrogen and oxygen atoms in total. The van der Waals surface area contributed by atoms with E-state index < -0.39 is 0 Å². The fourth-order valence-electron chi connectivity index (χ4n) is 3.44. The molecule has 2 aromatic rings. The van der Waals surface area contributed by atoms with Crippen LogP contribution in [0.4, 0.5) is 5.69 Å². The number of anilines is 1. The van der Waals surface area contributed by atoms with Gasteiger partial charge in [-0.2, -0.15) is 0 Å². The van der Waals surface area contributed by atoms with Crippen molar-refractivity contribution in [3.05, 3.63) is 42.5 Å². The molecule has 1 aliphatic heterocycles. The Morgan fingerprint density at radius 1 is 1.14 bits per heavy atom. The first-order valence-electron chi connectivity index (χ1n) is 8.26. The van der Waals surface area contributed by atoms with Gasteiger partial charge in [0, 0.05) is 24.3 Å². The molecule has 21 heavy (non-hydrogen) atoms. The van der Waals surface area contributed by atoms with Gasteiger partial charge >= 0.3 is 0 Å². The van der Waals surface area contributed by atoms with E-state index in [1.54, 1.807) is 0 Å². The maximum Gasteiger partial charge on any atom is 0.0375 e. The Bertz CT molecular complexity index is 593. The Hall–Kier alpha value is -1.54. The van der Waals surface area contributed by atoms with Crippen LogP contribution >= 0.6 is 0 Å². The minimum atomic E-state index is 0.606. The number of hydrogen-bond donors (Lipinski definition) is 1. The van der Waals surface area contributed by atoms with Gasteiger partial charge in [0.15, 0.2) is 0 Å². The number of benzene rings is 2. The van der Waals surface area contributed by atoms with Crippen LogP contribution in [0.5, 0.6) is 0 Å². The van der Waals surface area contributed by atoms with Crippen molar-refractivity contribution in [3.8, 4) is 0 Å². The summed E-state index contributed by atoms with van der Waals surface area (Å²) in [6, 6.07) is 16.8. The van der Waals surface area contributed by atoms with Gasteiger partial charge in [0.25, 0.3) is 0 Å². The number of fused-ring (bicyclic) bond motifs is 1. The molecule has 1 saturated heterocycles. The van der Waals surface area contributed by atoms with Gasteiger partial charge in [0.2, 0.25) is 0 Å². The molecule has 0 amide bonds. The summed E-state index contributed by atoms with van der Waals surface area (Å²) in [6.07, 6.45) is 3.71. The van der Waals surface area contributed by atoms with Crippen molar-refractivity contribution in [2.45, 2.75) is 45.2 Å². The quantitative estimate of drug-likeness (QED) is 0.904. The summed E-state index contributed by atoms with van der Waals surface area (Å²) < 4.78 is 0. The highest BCUT2D eigenvalue weighted by Crippen LogP contribution is 2.28. The van der Waals surface area contributed by atoms with Gasteiger partial charge in [-0.1, -0.05) is 37.3 Å². The highest BCUT2D eigenvalue weighted by molar-refractivity contribution is 5.85. The number of piperidine rings is 1. The van der Waals surface area contributed by atoms with Crippen LogP contribution in [-0.2, 0) is 0 Å². The van der Waals surface area contributed by atoms with Gasteiger partial charge < -0.3 is 10.2 Å². The minimum Gasteiger partial charge on any atom is -0.369 e. The van der Waals surface area contributed by atoms with Crippen molar-refractivity contribution in [3.63, 3.8) is 0 Å². The van der Waals surface area contributed by atoms with E-state index in [0.29, 0.717) is 12.1 Å². The lowest BCUT2D eigenvalue weighted by atomic mass is 9.97. The molecule has 0 radical (unpaired) electrons. The average Bonchev–Trinajstić information content (AvgIpc) is 2.52. The zero-order valence-electron chi connectivity index (χ0n) is 13.2. The molecule has 112 valence electrons. The number of nitrogens with one attached hydrogen (secondary N) is 1. The molecule has 1 fully saturated rings. The third kappa shape index (κ3) is 3.21. The Labute approximate surface area is 128 Å². The van der Waals surface area contributed by atoms with E-state index in [4.69, 9.17) is 0 Å². The van der Waals surface area contributed by atoms with Crippen molar-refractivity contribution in [1.29, 1.82) is 0 Å². The largest absolute Gasteiger partial charge is 0.369 e. The van der Waals surface area contributed by atoms with E-state index >= 15 is 0 Å². The molecule has 1 N–H and O–H groups in total. The van der Waals surface area contributed by atoms with E-state index in [-0.39, 0.29) is 0 Å². The molecule has 2 heteroatoms. The molecule has 0 spiro atoms. The molecule has 1 aliphatic rings. The predicted octanol–water partition coefficient (Wildman–Crippen LogP) is 4.20. The SMILES string of the molecule is CCCNC1CCN(c2ccc3ccccc3c2)C(C)C1. The Morgan fingerprint density at radius 3 is 2.71 bits per heavy atom. The number of rotatable bonds is 4. The molecule has 2 atom stereocenters. The standard InChI is InChI=1S/C19H26N2/c1-3-11-20-18-10-12-21(15(2)13-18)19-9-8-16-6-4-5-7-17(16)14-19/h4-9,14-15,18,20H,3,10-13H2,1-2H3. The second-order valence-corrected chi connectivity index (χ2v) is 6.25. The Morgan fingerprint density at radius 2 is 1.95 bits per heavy atom. The van der Waals surface area contributed by atoms with E-state index in [9.17, 15) is 0 Å². The molecule has 1 heterocycles. The van der Waals surface area contributed by atoms with Gasteiger partial charge in [-0.25, -0.2) is 0 Å². The second kappa shape index (κ2) is 6.48. The predicted molar refractivity (Wildman–Crippen MR) is 92.1 cm³/mol. The molecule has 0 aromatic heterocycles. The zero-order valence-corrected chi connectivity index (χ0v) is 13.2. The van der Waals surface area contributed by atoms with E-state index in [0.717, 1.165) is 13.1 Å². The lowest BCUT2D eigenvalue weighted by molar-refractivity contribution is 0.369. The summed E-state index contributed by atoms with van der Waals surface area (Å²) >= 11 is 0. The third-order valence-corrected chi connectivity index (χ3v) is 4.62. The first-order chi connectivity index (χ1) is 10.3. The van der Waals surface area contributed by atoms with E-state index in [2.05, 4.69) is 66.5 Å². The molecule has 0 aliphatic carbocycles. The van der Waals surface area contributed by atoms with Crippen LogP contribution in [0.25, 0.3) is 10.8 Å². The van der Waals surface area contributed by atoms with Crippen LogP contribution in [0, 0.1) is 0 Å². The van der Waals surface area contributed by atoms with Crippen LogP contribution in [-0.4, -0.2) is 25.2 Å². The maximum absolute atomic E-state index is 3.68. The Kier molecular flexibility index (Phi) is 4.45. The van der Waals surface area contributed by atoms with Crippen LogP contribution in [0.15, 0.2) is 42.5 Å². The van der Waals surface area contributed by atoms with Crippen LogP contribution in [0.3, 0.4) is 0 Å². The summed E-state index contributed by atoms with van der Waals surface area (Å²) in [5.41, 5.74) is 1.37. The monoisotopic (exact) mass is 282 g/mol. The first-order valence-corrected chi connectivity index (χ1v) is 8.26. The summed E-state index contributed by atoms with van der Waals surface area (Å²) in [6.45, 7) is 6.89.